The van der Waals surface area contributed by atoms with Gasteiger partial charge in [-0.1, -0.05) is 29.8 Å². The molecule has 116 valence electrons. The molecule has 0 fully saturated rings. The lowest BCUT2D eigenvalue weighted by atomic mass is 9.94. The van der Waals surface area contributed by atoms with E-state index >= 15 is 0 Å². The molecule has 0 saturated carbocycles. The molecule has 0 aliphatic heterocycles. The van der Waals surface area contributed by atoms with Crippen LogP contribution in [0.3, 0.4) is 0 Å². The van der Waals surface area contributed by atoms with Crippen molar-refractivity contribution in [3.63, 3.8) is 0 Å². The van der Waals surface area contributed by atoms with Crippen LogP contribution in [0.15, 0.2) is 30.3 Å². The summed E-state index contributed by atoms with van der Waals surface area (Å²) < 4.78 is 1.33. The molecule has 6 heteroatoms. The average molecular weight is 301 g/mol. The molecule has 1 heterocycles. The van der Waals surface area contributed by atoms with Crippen molar-refractivity contribution in [3.8, 4) is 0 Å². The highest BCUT2D eigenvalue weighted by Gasteiger charge is 2.23. The summed E-state index contributed by atoms with van der Waals surface area (Å²) in [6.07, 6.45) is 0.0615. The van der Waals surface area contributed by atoms with Crippen molar-refractivity contribution in [3.05, 3.63) is 63.0 Å². The largest absolute Gasteiger partial charge is 0.273 e. The van der Waals surface area contributed by atoms with Gasteiger partial charge < -0.3 is 0 Å². The fourth-order valence-electron chi connectivity index (χ4n) is 2.49. The van der Waals surface area contributed by atoms with E-state index in [1.165, 1.54) is 4.68 Å². The lowest BCUT2D eigenvalue weighted by molar-refractivity contribution is -0.483. The second kappa shape index (κ2) is 6.51. The smallest absolute Gasteiger partial charge is 0.247 e. The second-order valence-corrected chi connectivity index (χ2v) is 5.56. The van der Waals surface area contributed by atoms with Gasteiger partial charge in [0.15, 0.2) is 0 Å². The molecule has 0 aliphatic carbocycles. The molecule has 0 radical (unpaired) electrons. The highest BCUT2D eigenvalue weighted by molar-refractivity contribution is 5.79. The zero-order chi connectivity index (χ0) is 16.3. The molecule has 0 spiro atoms. The van der Waals surface area contributed by atoms with Crippen LogP contribution in [-0.4, -0.2) is 27.2 Å². The quantitative estimate of drug-likeness (QED) is 0.628. The molecule has 0 N–H and O–H groups in total. The van der Waals surface area contributed by atoms with Crippen LogP contribution in [0.5, 0.6) is 0 Å². The molecule has 0 aliphatic rings. The molecule has 2 aromatic rings. The van der Waals surface area contributed by atoms with Crippen molar-refractivity contribution >= 4 is 5.91 Å². The van der Waals surface area contributed by atoms with Crippen molar-refractivity contribution in [2.24, 2.45) is 0 Å². The van der Waals surface area contributed by atoms with Crippen molar-refractivity contribution in [2.75, 3.05) is 6.54 Å². The number of hydrogen-bond donors (Lipinski definition) is 0. The van der Waals surface area contributed by atoms with Gasteiger partial charge >= 0.3 is 0 Å². The predicted molar refractivity (Wildman–Crippen MR) is 82.7 cm³/mol. The van der Waals surface area contributed by atoms with Gasteiger partial charge in [0.25, 0.3) is 0 Å². The lowest BCUT2D eigenvalue weighted by Gasteiger charge is -2.13. The van der Waals surface area contributed by atoms with E-state index in [-0.39, 0.29) is 23.8 Å². The van der Waals surface area contributed by atoms with Crippen LogP contribution in [0.1, 0.15) is 39.6 Å². The van der Waals surface area contributed by atoms with E-state index in [1.807, 2.05) is 44.2 Å². The second-order valence-electron chi connectivity index (χ2n) is 5.56. The first-order valence-electron chi connectivity index (χ1n) is 7.11. The third-order valence-corrected chi connectivity index (χ3v) is 3.59. The van der Waals surface area contributed by atoms with E-state index in [4.69, 9.17) is 0 Å². The normalized spacial score (nSPS) is 12.1. The molecule has 1 atom stereocenters. The zero-order valence-corrected chi connectivity index (χ0v) is 12.9. The van der Waals surface area contributed by atoms with Crippen LogP contribution < -0.4 is 0 Å². The maximum Gasteiger partial charge on any atom is 0.247 e. The van der Waals surface area contributed by atoms with E-state index in [2.05, 4.69) is 5.10 Å². The Bertz CT molecular complexity index is 689. The first-order valence-corrected chi connectivity index (χ1v) is 7.11. The van der Waals surface area contributed by atoms with Gasteiger partial charge in [-0.2, -0.15) is 5.10 Å². The lowest BCUT2D eigenvalue weighted by Crippen LogP contribution is -2.21. The molecular weight excluding hydrogens is 282 g/mol. The summed E-state index contributed by atoms with van der Waals surface area (Å²) in [4.78, 5) is 22.9. The fourth-order valence-corrected chi connectivity index (χ4v) is 2.49. The van der Waals surface area contributed by atoms with Crippen molar-refractivity contribution < 1.29 is 9.72 Å². The molecule has 1 aromatic heterocycles. The number of carbonyl (C=O) groups is 1. The Labute approximate surface area is 128 Å². The number of hydrogen-bond acceptors (Lipinski definition) is 4. The van der Waals surface area contributed by atoms with Crippen LogP contribution in [0.25, 0.3) is 0 Å². The minimum atomic E-state index is -0.452. The summed E-state index contributed by atoms with van der Waals surface area (Å²) in [5.41, 5.74) is 3.38. The van der Waals surface area contributed by atoms with Gasteiger partial charge in [-0.25, -0.2) is 4.68 Å². The molecule has 0 bridgehead atoms. The summed E-state index contributed by atoms with van der Waals surface area (Å²) in [5, 5.41) is 15.1. The Morgan fingerprint density at radius 3 is 2.41 bits per heavy atom. The van der Waals surface area contributed by atoms with Gasteiger partial charge in [-0.15, -0.1) is 0 Å². The highest BCUT2D eigenvalue weighted by Crippen LogP contribution is 2.22. The number of nitro groups is 1. The average Bonchev–Trinajstić information content (AvgIpc) is 2.77. The fraction of sp³-hybridized carbons (Fsp3) is 0.375. The molecule has 6 nitrogen and oxygen atoms in total. The minimum Gasteiger partial charge on any atom is -0.273 e. The van der Waals surface area contributed by atoms with Gasteiger partial charge in [-0.3, -0.25) is 14.9 Å². The Morgan fingerprint density at radius 1 is 1.27 bits per heavy atom. The zero-order valence-electron chi connectivity index (χ0n) is 12.9. The van der Waals surface area contributed by atoms with Crippen LogP contribution in [-0.2, 0) is 0 Å². The van der Waals surface area contributed by atoms with E-state index in [9.17, 15) is 14.9 Å². The van der Waals surface area contributed by atoms with Crippen LogP contribution in [0, 0.1) is 30.9 Å². The highest BCUT2D eigenvalue weighted by atomic mass is 16.6. The number of nitrogens with zero attached hydrogens (tertiary/aromatic N) is 3. The summed E-state index contributed by atoms with van der Waals surface area (Å²) in [7, 11) is 0. The third-order valence-electron chi connectivity index (χ3n) is 3.59. The Balaban J connectivity index is 2.23. The third kappa shape index (κ3) is 3.78. The van der Waals surface area contributed by atoms with Gasteiger partial charge in [0.05, 0.1) is 11.6 Å². The van der Waals surface area contributed by atoms with Crippen molar-refractivity contribution in [1.29, 1.82) is 0 Å². The summed E-state index contributed by atoms with van der Waals surface area (Å²) in [6, 6.07) is 9.30. The Kier molecular flexibility index (Phi) is 4.70. The number of aromatic nitrogens is 2. The molecule has 0 amide bonds. The monoisotopic (exact) mass is 301 g/mol. The summed E-state index contributed by atoms with van der Waals surface area (Å²) >= 11 is 0. The maximum atomic E-state index is 12.4. The van der Waals surface area contributed by atoms with Gasteiger partial charge in [0, 0.05) is 17.0 Å². The SMILES string of the molecule is Cc1ccc(C(CC(=O)n2nc(C)cc2C)C[N+](=O)[O-])cc1. The molecule has 2 rings (SSSR count). The molecule has 1 aromatic carbocycles. The van der Waals surface area contributed by atoms with Gasteiger partial charge in [-0.05, 0) is 32.4 Å². The number of aryl methyl sites for hydroxylation is 3. The molecule has 0 saturated heterocycles. The first-order chi connectivity index (χ1) is 10.4. The first kappa shape index (κ1) is 15.9. The Morgan fingerprint density at radius 2 is 1.91 bits per heavy atom. The topological polar surface area (TPSA) is 78.0 Å². The van der Waals surface area contributed by atoms with Gasteiger partial charge in [0.2, 0.25) is 12.5 Å². The minimum absolute atomic E-state index is 0.0615. The maximum absolute atomic E-state index is 12.4. The van der Waals surface area contributed by atoms with Crippen LogP contribution >= 0.6 is 0 Å². The number of carbonyl (C=O) groups excluding carboxylic acids is 1. The van der Waals surface area contributed by atoms with Crippen LogP contribution in [0.2, 0.25) is 0 Å². The van der Waals surface area contributed by atoms with E-state index in [0.717, 1.165) is 22.5 Å². The van der Waals surface area contributed by atoms with Gasteiger partial charge in [0.1, 0.15) is 0 Å². The molecule has 22 heavy (non-hydrogen) atoms. The number of rotatable bonds is 5. The summed E-state index contributed by atoms with van der Waals surface area (Å²) in [6.45, 7) is 5.29. The molecule has 1 unspecified atom stereocenters. The van der Waals surface area contributed by atoms with Crippen molar-refractivity contribution in [2.45, 2.75) is 33.1 Å². The number of benzene rings is 1. The Hall–Kier alpha value is -2.50. The van der Waals surface area contributed by atoms with Crippen LogP contribution in [0.4, 0.5) is 0 Å². The standard InChI is InChI=1S/C16H19N3O3/c1-11-4-6-14(7-5-11)15(10-18(21)22)9-16(20)19-13(3)8-12(2)17-19/h4-8,15H,9-10H2,1-3H3. The predicted octanol–water partition coefficient (Wildman–Crippen LogP) is 2.90. The van der Waals surface area contributed by atoms with E-state index in [1.54, 1.807) is 6.92 Å². The summed E-state index contributed by atoms with van der Waals surface area (Å²) in [5.74, 6) is -0.676. The van der Waals surface area contributed by atoms with Crippen molar-refractivity contribution in [1.82, 2.24) is 9.78 Å². The van der Waals surface area contributed by atoms with E-state index < -0.39 is 5.92 Å². The molecular formula is C16H19N3O3. The van der Waals surface area contributed by atoms with E-state index in [0.29, 0.717) is 0 Å².